The van der Waals surface area contributed by atoms with Crippen LogP contribution in [-0.4, -0.2) is 14.2 Å². The first-order valence-electron chi connectivity index (χ1n) is 8.46. The van der Waals surface area contributed by atoms with Gasteiger partial charge in [0.15, 0.2) is 14.7 Å². The molecule has 0 aliphatic heterocycles. The van der Waals surface area contributed by atoms with Crippen molar-refractivity contribution in [2.45, 2.75) is 28.0 Å². The van der Waals surface area contributed by atoms with Gasteiger partial charge in [-0.25, -0.2) is 0 Å². The van der Waals surface area contributed by atoms with E-state index in [1.54, 1.807) is 12.1 Å². The second-order valence-corrected chi connectivity index (χ2v) is 9.47. The lowest BCUT2D eigenvalue weighted by Crippen LogP contribution is -2.13. The summed E-state index contributed by atoms with van der Waals surface area (Å²) in [6.07, 6.45) is 0.534. The van der Waals surface area contributed by atoms with Gasteiger partial charge in [-0.2, -0.15) is 8.42 Å². The summed E-state index contributed by atoms with van der Waals surface area (Å²) in [7, 11) is -3.77. The second kappa shape index (κ2) is 8.43. The maximum atomic E-state index is 11.8. The maximum Gasteiger partial charge on any atom is 0.309 e. The molecule has 3 aromatic rings. The zero-order chi connectivity index (χ0) is 18.4. The number of benzene rings is 3. The third-order valence-electron chi connectivity index (χ3n) is 3.69. The van der Waals surface area contributed by atoms with Crippen molar-refractivity contribution in [1.29, 1.82) is 0 Å². The van der Waals surface area contributed by atoms with Crippen molar-refractivity contribution in [2.24, 2.45) is 0 Å². The number of hydrogen-bond acceptors (Lipinski definition) is 3. The minimum atomic E-state index is -3.52. The molecule has 26 heavy (non-hydrogen) atoms. The van der Waals surface area contributed by atoms with E-state index < -0.39 is 10.1 Å². The van der Waals surface area contributed by atoms with Gasteiger partial charge in [0.1, 0.15) is 5.75 Å². The predicted molar refractivity (Wildman–Crippen MR) is 106 cm³/mol. The van der Waals surface area contributed by atoms with Gasteiger partial charge in [-0.05, 0) is 55.0 Å². The van der Waals surface area contributed by atoms with Crippen molar-refractivity contribution in [3.05, 3.63) is 84.9 Å². The Morgan fingerprint density at radius 2 is 1.19 bits per heavy atom. The highest BCUT2D eigenvalue weighted by Gasteiger charge is 2.28. The summed E-state index contributed by atoms with van der Waals surface area (Å²) in [5, 5.41) is 0. The second-order valence-electron chi connectivity index (χ2n) is 5.75. The molecule has 0 aliphatic carbocycles. The van der Waals surface area contributed by atoms with Crippen LogP contribution < -0.4 is 4.18 Å². The van der Waals surface area contributed by atoms with E-state index in [-0.39, 0.29) is 16.6 Å². The largest absolute Gasteiger partial charge is 0.382 e. The van der Waals surface area contributed by atoms with Crippen molar-refractivity contribution in [2.75, 3.05) is 5.75 Å². The maximum absolute atomic E-state index is 11.8. The Kier molecular flexibility index (Phi) is 6.01. The molecule has 0 amide bonds. The molecular formula is C21H21O3S2+. The normalized spacial score (nSPS) is 11.5. The zero-order valence-electron chi connectivity index (χ0n) is 14.5. The fraction of sp³-hybridized carbons (Fsp3) is 0.143. The first kappa shape index (κ1) is 18.5. The molecule has 0 atom stereocenters. The van der Waals surface area contributed by atoms with Gasteiger partial charge in [-0.1, -0.05) is 43.3 Å². The third kappa shape index (κ3) is 4.68. The third-order valence-corrected chi connectivity index (χ3v) is 7.28. The molecule has 3 nitrogen and oxygen atoms in total. The Balaban J connectivity index is 1.93. The average Bonchev–Trinajstić information content (AvgIpc) is 2.65. The first-order chi connectivity index (χ1) is 12.6. The van der Waals surface area contributed by atoms with Gasteiger partial charge in [-0.15, -0.1) is 0 Å². The Hall–Kier alpha value is -2.24. The van der Waals surface area contributed by atoms with Crippen LogP contribution in [0.3, 0.4) is 0 Å². The van der Waals surface area contributed by atoms with Gasteiger partial charge in [-0.3, -0.25) is 0 Å². The van der Waals surface area contributed by atoms with Crippen LogP contribution in [0.5, 0.6) is 5.75 Å². The van der Waals surface area contributed by atoms with Crippen LogP contribution in [0.4, 0.5) is 0 Å². The molecule has 0 aliphatic rings. The molecule has 134 valence electrons. The van der Waals surface area contributed by atoms with Crippen LogP contribution in [0.1, 0.15) is 13.3 Å². The summed E-state index contributed by atoms with van der Waals surface area (Å²) in [5.74, 6) is 0.375. The Morgan fingerprint density at radius 3 is 1.65 bits per heavy atom. The molecule has 0 N–H and O–H groups in total. The standard InChI is InChI=1S/C21H21O3S2/c1-2-17-26(22,23)24-18-13-15-21(16-14-18)25(19-9-5-3-6-10-19)20-11-7-4-8-12-20/h3-16H,2,17H2,1H3/q+1. The molecule has 0 bridgehead atoms. The molecule has 0 heterocycles. The molecule has 3 aromatic carbocycles. The van der Waals surface area contributed by atoms with E-state index in [1.807, 2.05) is 55.5 Å². The van der Waals surface area contributed by atoms with Gasteiger partial charge in [0.05, 0.1) is 16.6 Å². The molecule has 0 saturated heterocycles. The summed E-state index contributed by atoms with van der Waals surface area (Å²) in [5.41, 5.74) is 0. The van der Waals surface area contributed by atoms with Crippen LogP contribution in [0, 0.1) is 0 Å². The summed E-state index contributed by atoms with van der Waals surface area (Å²) >= 11 is 0. The van der Waals surface area contributed by atoms with E-state index >= 15 is 0 Å². The Morgan fingerprint density at radius 1 is 0.731 bits per heavy atom. The van der Waals surface area contributed by atoms with Crippen LogP contribution >= 0.6 is 0 Å². The Bertz CT molecular complexity index is 883. The van der Waals surface area contributed by atoms with Crippen molar-refractivity contribution in [3.63, 3.8) is 0 Å². The van der Waals surface area contributed by atoms with Crippen LogP contribution in [0.25, 0.3) is 0 Å². The van der Waals surface area contributed by atoms with Crippen LogP contribution in [0.2, 0.25) is 0 Å². The van der Waals surface area contributed by atoms with Gasteiger partial charge in [0.25, 0.3) is 0 Å². The molecule has 0 spiro atoms. The topological polar surface area (TPSA) is 43.4 Å². The lowest BCUT2D eigenvalue weighted by atomic mass is 10.3. The molecule has 5 heteroatoms. The molecule has 0 saturated carbocycles. The highest BCUT2D eigenvalue weighted by molar-refractivity contribution is 7.97. The molecule has 3 rings (SSSR count). The summed E-state index contributed by atoms with van der Waals surface area (Å²) in [4.78, 5) is 3.54. The van der Waals surface area contributed by atoms with E-state index in [4.69, 9.17) is 4.18 Å². The lowest BCUT2D eigenvalue weighted by Gasteiger charge is -2.09. The summed E-state index contributed by atoms with van der Waals surface area (Å²) in [6.45, 7) is 1.81. The number of rotatable bonds is 7. The highest BCUT2D eigenvalue weighted by Crippen LogP contribution is 2.32. The zero-order valence-corrected chi connectivity index (χ0v) is 16.2. The van der Waals surface area contributed by atoms with Gasteiger partial charge >= 0.3 is 10.1 Å². The molecule has 0 unspecified atom stereocenters. The van der Waals surface area contributed by atoms with Crippen molar-refractivity contribution < 1.29 is 12.6 Å². The molecular weight excluding hydrogens is 364 g/mol. The van der Waals surface area contributed by atoms with Crippen molar-refractivity contribution in [1.82, 2.24) is 0 Å². The predicted octanol–water partition coefficient (Wildman–Crippen LogP) is 4.90. The highest BCUT2D eigenvalue weighted by atomic mass is 32.2. The van der Waals surface area contributed by atoms with Crippen LogP contribution in [0.15, 0.2) is 99.6 Å². The van der Waals surface area contributed by atoms with Gasteiger partial charge in [0.2, 0.25) is 0 Å². The van der Waals surface area contributed by atoms with E-state index in [9.17, 15) is 8.42 Å². The minimum absolute atomic E-state index is 0.0210. The smallest absolute Gasteiger partial charge is 0.309 e. The van der Waals surface area contributed by atoms with Gasteiger partial charge < -0.3 is 4.18 Å². The van der Waals surface area contributed by atoms with Gasteiger partial charge in [0, 0.05) is 0 Å². The fourth-order valence-electron chi connectivity index (χ4n) is 2.59. The molecule has 0 radical (unpaired) electrons. The summed E-state index contributed by atoms with van der Waals surface area (Å²) < 4.78 is 28.8. The SMILES string of the molecule is CCCS(=O)(=O)Oc1ccc([S+](c2ccccc2)c2ccccc2)cc1. The average molecular weight is 386 g/mol. The molecule has 0 aromatic heterocycles. The number of hydrogen-bond donors (Lipinski definition) is 0. The van der Waals surface area contributed by atoms with E-state index in [1.165, 1.54) is 9.79 Å². The van der Waals surface area contributed by atoms with E-state index in [2.05, 4.69) is 24.3 Å². The Labute approximate surface area is 158 Å². The fourth-order valence-corrected chi connectivity index (χ4v) is 5.66. The van der Waals surface area contributed by atoms with E-state index in [0.717, 1.165) is 4.90 Å². The van der Waals surface area contributed by atoms with Crippen molar-refractivity contribution >= 4 is 21.0 Å². The minimum Gasteiger partial charge on any atom is -0.382 e. The van der Waals surface area contributed by atoms with Crippen LogP contribution in [-0.2, 0) is 21.0 Å². The van der Waals surface area contributed by atoms with Crippen molar-refractivity contribution in [3.8, 4) is 5.75 Å². The van der Waals surface area contributed by atoms with E-state index in [0.29, 0.717) is 12.2 Å². The molecule has 0 fully saturated rings. The first-order valence-corrected chi connectivity index (χ1v) is 11.3. The summed E-state index contributed by atoms with van der Waals surface area (Å²) in [6, 6.07) is 28.0. The lowest BCUT2D eigenvalue weighted by molar-refractivity contribution is 0.485. The monoisotopic (exact) mass is 385 g/mol. The quantitative estimate of drug-likeness (QED) is 0.429.